The monoisotopic (exact) mass is 231 g/mol. The molecule has 0 radical (unpaired) electrons. The lowest BCUT2D eigenvalue weighted by molar-refractivity contribution is 0.274. The van der Waals surface area contributed by atoms with Gasteiger partial charge in [-0.25, -0.2) is 0 Å². The van der Waals surface area contributed by atoms with E-state index in [1.807, 2.05) is 0 Å². The number of benzene rings is 1. The molecule has 0 spiro atoms. The van der Waals surface area contributed by atoms with Gasteiger partial charge in [-0.1, -0.05) is 49.6 Å². The minimum Gasteiger partial charge on any atom is -0.312 e. The van der Waals surface area contributed by atoms with E-state index >= 15 is 0 Å². The van der Waals surface area contributed by atoms with Crippen LogP contribution < -0.4 is 5.32 Å². The van der Waals surface area contributed by atoms with Gasteiger partial charge in [0.05, 0.1) is 0 Å². The molecule has 0 saturated heterocycles. The Labute approximate surface area is 106 Å². The highest BCUT2D eigenvalue weighted by atomic mass is 14.9. The largest absolute Gasteiger partial charge is 0.312 e. The van der Waals surface area contributed by atoms with Crippen molar-refractivity contribution in [2.75, 3.05) is 6.54 Å². The molecule has 1 fully saturated rings. The van der Waals surface area contributed by atoms with Gasteiger partial charge in [0.15, 0.2) is 0 Å². The maximum atomic E-state index is 3.61. The Morgan fingerprint density at radius 2 is 1.94 bits per heavy atom. The third kappa shape index (κ3) is 4.16. The molecule has 1 nitrogen and oxygen atoms in total. The second-order valence-corrected chi connectivity index (χ2v) is 5.75. The van der Waals surface area contributed by atoms with Crippen molar-refractivity contribution in [3.8, 4) is 0 Å². The van der Waals surface area contributed by atoms with Crippen LogP contribution in [-0.2, 0) is 6.54 Å². The van der Waals surface area contributed by atoms with Gasteiger partial charge >= 0.3 is 0 Å². The molecule has 1 aromatic rings. The number of nitrogens with one attached hydrogen (secondary N) is 1. The van der Waals surface area contributed by atoms with Crippen molar-refractivity contribution in [2.45, 2.75) is 46.1 Å². The SMILES string of the molecule is Cc1ccc(CNCC2CCCC(C)C2)cc1. The molecule has 1 heteroatoms. The zero-order valence-electron chi connectivity index (χ0n) is 11.2. The quantitative estimate of drug-likeness (QED) is 0.828. The van der Waals surface area contributed by atoms with E-state index in [0.717, 1.165) is 18.4 Å². The van der Waals surface area contributed by atoms with Gasteiger partial charge in [0.2, 0.25) is 0 Å². The maximum absolute atomic E-state index is 3.61. The first-order chi connectivity index (χ1) is 8.24. The third-order valence-corrected chi connectivity index (χ3v) is 3.93. The van der Waals surface area contributed by atoms with Gasteiger partial charge in [0.1, 0.15) is 0 Å². The Kier molecular flexibility index (Phi) is 4.61. The van der Waals surface area contributed by atoms with Crippen molar-refractivity contribution in [2.24, 2.45) is 11.8 Å². The Hall–Kier alpha value is -0.820. The molecule has 94 valence electrons. The highest BCUT2D eigenvalue weighted by molar-refractivity contribution is 5.21. The second kappa shape index (κ2) is 6.20. The van der Waals surface area contributed by atoms with Crippen LogP contribution in [0.2, 0.25) is 0 Å². The number of aryl methyl sites for hydroxylation is 1. The number of rotatable bonds is 4. The molecule has 1 saturated carbocycles. The van der Waals surface area contributed by atoms with E-state index in [1.54, 1.807) is 0 Å². The van der Waals surface area contributed by atoms with Crippen LogP contribution in [0, 0.1) is 18.8 Å². The summed E-state index contributed by atoms with van der Waals surface area (Å²) < 4.78 is 0. The van der Waals surface area contributed by atoms with Crippen LogP contribution in [0.25, 0.3) is 0 Å². The minimum absolute atomic E-state index is 0.907. The molecule has 17 heavy (non-hydrogen) atoms. The number of hydrogen-bond donors (Lipinski definition) is 1. The first-order valence-electron chi connectivity index (χ1n) is 7.00. The Morgan fingerprint density at radius 1 is 1.18 bits per heavy atom. The summed E-state index contributed by atoms with van der Waals surface area (Å²) in [6, 6.07) is 8.84. The van der Waals surface area contributed by atoms with E-state index in [9.17, 15) is 0 Å². The predicted octanol–water partition coefficient (Wildman–Crippen LogP) is 3.91. The summed E-state index contributed by atoms with van der Waals surface area (Å²) in [6.07, 6.45) is 5.71. The molecule has 1 aliphatic carbocycles. The van der Waals surface area contributed by atoms with Crippen molar-refractivity contribution in [1.29, 1.82) is 0 Å². The van der Waals surface area contributed by atoms with Gasteiger partial charge in [-0.05, 0) is 43.7 Å². The van der Waals surface area contributed by atoms with E-state index in [-0.39, 0.29) is 0 Å². The Balaban J connectivity index is 1.70. The summed E-state index contributed by atoms with van der Waals surface area (Å²) in [5, 5.41) is 3.61. The zero-order chi connectivity index (χ0) is 12.1. The average Bonchev–Trinajstić information content (AvgIpc) is 2.32. The molecule has 0 aliphatic heterocycles. The smallest absolute Gasteiger partial charge is 0.0205 e. The van der Waals surface area contributed by atoms with Gasteiger partial charge in [0.25, 0.3) is 0 Å². The lowest BCUT2D eigenvalue weighted by atomic mass is 9.82. The van der Waals surface area contributed by atoms with Gasteiger partial charge in [-0.15, -0.1) is 0 Å². The van der Waals surface area contributed by atoms with E-state index < -0.39 is 0 Å². The topological polar surface area (TPSA) is 12.0 Å². The Morgan fingerprint density at radius 3 is 2.65 bits per heavy atom. The molecular formula is C16H25N. The summed E-state index contributed by atoms with van der Waals surface area (Å²) in [4.78, 5) is 0. The van der Waals surface area contributed by atoms with Crippen LogP contribution in [0.5, 0.6) is 0 Å². The van der Waals surface area contributed by atoms with E-state index in [4.69, 9.17) is 0 Å². The van der Waals surface area contributed by atoms with Crippen LogP contribution in [-0.4, -0.2) is 6.54 Å². The standard InChI is InChI=1S/C16H25N/c1-13-6-8-15(9-7-13)11-17-12-16-5-3-4-14(2)10-16/h6-9,14,16-17H,3-5,10-12H2,1-2H3. The molecule has 1 aromatic carbocycles. The fraction of sp³-hybridized carbons (Fsp3) is 0.625. The summed E-state index contributed by atoms with van der Waals surface area (Å²) in [7, 11) is 0. The van der Waals surface area contributed by atoms with Crippen LogP contribution in [0.4, 0.5) is 0 Å². The molecule has 2 atom stereocenters. The molecule has 1 aliphatic rings. The van der Waals surface area contributed by atoms with Gasteiger partial charge in [0, 0.05) is 6.54 Å². The normalized spacial score (nSPS) is 24.8. The van der Waals surface area contributed by atoms with Gasteiger partial charge in [-0.3, -0.25) is 0 Å². The molecule has 0 aromatic heterocycles. The average molecular weight is 231 g/mol. The van der Waals surface area contributed by atoms with E-state index in [1.165, 1.54) is 43.4 Å². The molecular weight excluding hydrogens is 206 g/mol. The van der Waals surface area contributed by atoms with Gasteiger partial charge < -0.3 is 5.32 Å². The fourth-order valence-corrected chi connectivity index (χ4v) is 2.87. The summed E-state index contributed by atoms with van der Waals surface area (Å²) in [5.74, 6) is 1.85. The summed E-state index contributed by atoms with van der Waals surface area (Å²) in [6.45, 7) is 6.75. The van der Waals surface area contributed by atoms with Crippen LogP contribution in [0.15, 0.2) is 24.3 Å². The van der Waals surface area contributed by atoms with Crippen molar-refractivity contribution in [3.05, 3.63) is 35.4 Å². The van der Waals surface area contributed by atoms with Crippen LogP contribution in [0.1, 0.15) is 43.7 Å². The van der Waals surface area contributed by atoms with Crippen molar-refractivity contribution >= 4 is 0 Å². The molecule has 2 unspecified atom stereocenters. The Bertz CT molecular complexity index is 328. The third-order valence-electron chi connectivity index (χ3n) is 3.93. The van der Waals surface area contributed by atoms with E-state index in [0.29, 0.717) is 0 Å². The molecule has 0 amide bonds. The summed E-state index contributed by atoms with van der Waals surface area (Å²) >= 11 is 0. The van der Waals surface area contributed by atoms with Crippen LogP contribution in [0.3, 0.4) is 0 Å². The van der Waals surface area contributed by atoms with E-state index in [2.05, 4.69) is 43.4 Å². The predicted molar refractivity (Wildman–Crippen MR) is 74.0 cm³/mol. The maximum Gasteiger partial charge on any atom is 0.0205 e. The summed E-state index contributed by atoms with van der Waals surface area (Å²) in [5.41, 5.74) is 2.74. The lowest BCUT2D eigenvalue weighted by Crippen LogP contribution is -2.26. The number of hydrogen-bond acceptors (Lipinski definition) is 1. The zero-order valence-corrected chi connectivity index (χ0v) is 11.2. The van der Waals surface area contributed by atoms with Crippen LogP contribution >= 0.6 is 0 Å². The molecule has 0 bridgehead atoms. The van der Waals surface area contributed by atoms with Crippen molar-refractivity contribution < 1.29 is 0 Å². The lowest BCUT2D eigenvalue weighted by Gasteiger charge is -2.26. The highest BCUT2D eigenvalue weighted by Gasteiger charge is 2.17. The first kappa shape index (κ1) is 12.6. The fourth-order valence-electron chi connectivity index (χ4n) is 2.87. The second-order valence-electron chi connectivity index (χ2n) is 5.75. The first-order valence-corrected chi connectivity index (χ1v) is 7.00. The molecule has 2 rings (SSSR count). The molecule has 1 N–H and O–H groups in total. The van der Waals surface area contributed by atoms with Crippen molar-refractivity contribution in [3.63, 3.8) is 0 Å². The molecule has 0 heterocycles. The van der Waals surface area contributed by atoms with Crippen molar-refractivity contribution in [1.82, 2.24) is 5.32 Å². The van der Waals surface area contributed by atoms with Gasteiger partial charge in [-0.2, -0.15) is 0 Å². The highest BCUT2D eigenvalue weighted by Crippen LogP contribution is 2.27. The minimum atomic E-state index is 0.907.